The van der Waals surface area contributed by atoms with Gasteiger partial charge in [0.05, 0.1) is 4.90 Å². The number of anilines is 1. The molecule has 0 heterocycles. The number of benzene rings is 3. The molecule has 0 aromatic heterocycles. The first-order chi connectivity index (χ1) is 14.8. The largest absolute Gasteiger partial charge is 0.489 e. The minimum absolute atomic E-state index is 0.0751. The molecule has 7 nitrogen and oxygen atoms in total. The number of amides is 1. The van der Waals surface area contributed by atoms with Crippen molar-refractivity contribution >= 4 is 27.7 Å². The average Bonchev–Trinajstić information content (AvgIpc) is 2.77. The normalized spacial score (nSPS) is 11.4. The van der Waals surface area contributed by atoms with Crippen LogP contribution in [0.4, 0.5) is 5.69 Å². The highest BCUT2D eigenvalue weighted by Gasteiger charge is 2.12. The molecule has 0 radical (unpaired) electrons. The Morgan fingerprint density at radius 2 is 1.74 bits per heavy atom. The fourth-order valence-corrected chi connectivity index (χ4v) is 3.19. The van der Waals surface area contributed by atoms with Gasteiger partial charge in [-0.15, -0.1) is 0 Å². The summed E-state index contributed by atoms with van der Waals surface area (Å²) in [6.07, 6.45) is 1.45. The van der Waals surface area contributed by atoms with Gasteiger partial charge < -0.3 is 10.1 Å². The Balaban J connectivity index is 1.70. The lowest BCUT2D eigenvalue weighted by Gasteiger charge is -2.08. The van der Waals surface area contributed by atoms with Crippen molar-refractivity contribution in [2.45, 2.75) is 11.5 Å². The number of primary sulfonamides is 1. The van der Waals surface area contributed by atoms with Crippen LogP contribution in [0.5, 0.6) is 5.75 Å². The van der Waals surface area contributed by atoms with Crippen molar-refractivity contribution in [3.8, 4) is 11.8 Å². The predicted molar refractivity (Wildman–Crippen MR) is 117 cm³/mol. The van der Waals surface area contributed by atoms with Crippen LogP contribution in [0, 0.1) is 11.3 Å². The molecule has 0 spiro atoms. The van der Waals surface area contributed by atoms with Gasteiger partial charge in [0.2, 0.25) is 10.0 Å². The fourth-order valence-electron chi connectivity index (χ4n) is 2.68. The second kappa shape index (κ2) is 9.71. The number of nitrogens with two attached hydrogens (primary N) is 1. The molecule has 0 aliphatic rings. The number of rotatable bonds is 7. The monoisotopic (exact) mass is 433 g/mol. The molecule has 3 aromatic carbocycles. The number of hydrogen-bond donors (Lipinski definition) is 2. The van der Waals surface area contributed by atoms with E-state index in [0.29, 0.717) is 23.6 Å². The SMILES string of the molecule is N#C/C(=C\c1cccc(OCc2ccccc2)c1)C(=O)Nc1ccc(S(N)(=O)=O)cc1. The molecular weight excluding hydrogens is 414 g/mol. The third kappa shape index (κ3) is 6.27. The zero-order valence-corrected chi connectivity index (χ0v) is 17.2. The minimum atomic E-state index is -3.82. The predicted octanol–water partition coefficient (Wildman–Crippen LogP) is 3.46. The van der Waals surface area contributed by atoms with Crippen molar-refractivity contribution in [2.75, 3.05) is 5.32 Å². The van der Waals surface area contributed by atoms with Gasteiger partial charge in [-0.25, -0.2) is 13.6 Å². The molecule has 3 N–H and O–H groups in total. The van der Waals surface area contributed by atoms with Crippen molar-refractivity contribution in [3.63, 3.8) is 0 Å². The Labute approximate surface area is 180 Å². The van der Waals surface area contributed by atoms with Crippen molar-refractivity contribution < 1.29 is 17.9 Å². The summed E-state index contributed by atoms with van der Waals surface area (Å²) in [5.41, 5.74) is 1.87. The van der Waals surface area contributed by atoms with Gasteiger partial charge in [0.25, 0.3) is 5.91 Å². The number of nitrogens with zero attached hydrogens (tertiary/aromatic N) is 1. The van der Waals surface area contributed by atoms with Crippen LogP contribution in [-0.2, 0) is 21.4 Å². The van der Waals surface area contributed by atoms with Crippen LogP contribution >= 0.6 is 0 Å². The molecule has 0 unspecified atom stereocenters. The van der Waals surface area contributed by atoms with E-state index in [9.17, 15) is 18.5 Å². The number of nitrogens with one attached hydrogen (secondary N) is 1. The van der Waals surface area contributed by atoms with Crippen LogP contribution < -0.4 is 15.2 Å². The molecular formula is C23H19N3O4S. The maximum Gasteiger partial charge on any atom is 0.266 e. The number of ether oxygens (including phenoxy) is 1. The second-order valence-electron chi connectivity index (χ2n) is 6.54. The summed E-state index contributed by atoms with van der Waals surface area (Å²) >= 11 is 0. The standard InChI is InChI=1S/C23H19N3O4S/c24-15-19(23(27)26-20-9-11-22(12-10-20)31(25,28)29)13-18-7-4-8-21(14-18)30-16-17-5-2-1-3-6-17/h1-14H,16H2,(H,26,27)(H2,25,28,29)/b19-13+. The highest BCUT2D eigenvalue weighted by molar-refractivity contribution is 7.89. The molecule has 31 heavy (non-hydrogen) atoms. The molecule has 0 fully saturated rings. The van der Waals surface area contributed by atoms with Crippen LogP contribution in [0.15, 0.2) is 89.3 Å². The molecule has 3 aromatic rings. The lowest BCUT2D eigenvalue weighted by molar-refractivity contribution is -0.112. The Morgan fingerprint density at radius 3 is 2.39 bits per heavy atom. The van der Waals surface area contributed by atoms with Gasteiger partial charge in [0, 0.05) is 5.69 Å². The molecule has 3 rings (SSSR count). The highest BCUT2D eigenvalue weighted by atomic mass is 32.2. The second-order valence-corrected chi connectivity index (χ2v) is 8.10. The molecule has 0 saturated heterocycles. The van der Waals surface area contributed by atoms with E-state index < -0.39 is 15.9 Å². The van der Waals surface area contributed by atoms with Crippen LogP contribution in [0.3, 0.4) is 0 Å². The smallest absolute Gasteiger partial charge is 0.266 e. The summed E-state index contributed by atoms with van der Waals surface area (Å²) in [4.78, 5) is 12.4. The third-order valence-electron chi connectivity index (χ3n) is 4.22. The topological polar surface area (TPSA) is 122 Å². The molecule has 0 atom stereocenters. The van der Waals surface area contributed by atoms with E-state index in [-0.39, 0.29) is 10.5 Å². The molecule has 1 amide bonds. The van der Waals surface area contributed by atoms with Crippen LogP contribution in [0.2, 0.25) is 0 Å². The van der Waals surface area contributed by atoms with E-state index in [2.05, 4.69) is 5.32 Å². The van der Waals surface area contributed by atoms with Crippen molar-refractivity contribution in [1.82, 2.24) is 0 Å². The summed E-state index contributed by atoms with van der Waals surface area (Å²) < 4.78 is 28.4. The summed E-state index contributed by atoms with van der Waals surface area (Å²) in [5, 5.41) is 17.0. The Hall–Kier alpha value is -3.93. The first-order valence-corrected chi connectivity index (χ1v) is 10.7. The number of sulfonamides is 1. The number of carbonyl (C=O) groups excluding carboxylic acids is 1. The van der Waals surface area contributed by atoms with Gasteiger partial charge in [-0.05, 0) is 53.6 Å². The highest BCUT2D eigenvalue weighted by Crippen LogP contribution is 2.19. The summed E-state index contributed by atoms with van der Waals surface area (Å²) in [6, 6.07) is 23.9. The molecule has 0 aliphatic carbocycles. The Kier molecular flexibility index (Phi) is 6.82. The van der Waals surface area contributed by atoms with E-state index in [1.165, 1.54) is 30.3 Å². The minimum Gasteiger partial charge on any atom is -0.489 e. The van der Waals surface area contributed by atoms with Crippen molar-refractivity contribution in [2.24, 2.45) is 5.14 Å². The van der Waals surface area contributed by atoms with Crippen molar-refractivity contribution in [3.05, 3.63) is 95.6 Å². The molecule has 0 saturated carbocycles. The van der Waals surface area contributed by atoms with Crippen molar-refractivity contribution in [1.29, 1.82) is 5.26 Å². The Bertz CT molecular complexity index is 1250. The third-order valence-corrected chi connectivity index (χ3v) is 5.15. The summed E-state index contributed by atoms with van der Waals surface area (Å²) in [5.74, 6) is -0.0182. The van der Waals surface area contributed by atoms with E-state index >= 15 is 0 Å². The summed E-state index contributed by atoms with van der Waals surface area (Å²) in [7, 11) is -3.82. The van der Waals surface area contributed by atoms with Crippen LogP contribution in [0.25, 0.3) is 6.08 Å². The van der Waals surface area contributed by atoms with E-state index in [1.54, 1.807) is 24.3 Å². The van der Waals surface area contributed by atoms with E-state index in [1.807, 2.05) is 36.4 Å². The summed E-state index contributed by atoms with van der Waals surface area (Å²) in [6.45, 7) is 0.397. The number of nitriles is 1. The van der Waals surface area contributed by atoms with Gasteiger partial charge in [-0.1, -0.05) is 42.5 Å². The van der Waals surface area contributed by atoms with Gasteiger partial charge in [0.15, 0.2) is 0 Å². The van der Waals surface area contributed by atoms with Crippen LogP contribution in [-0.4, -0.2) is 14.3 Å². The van der Waals surface area contributed by atoms with Crippen LogP contribution in [0.1, 0.15) is 11.1 Å². The van der Waals surface area contributed by atoms with Gasteiger partial charge in [-0.3, -0.25) is 4.79 Å². The number of hydrogen-bond acceptors (Lipinski definition) is 5. The van der Waals surface area contributed by atoms with E-state index in [0.717, 1.165) is 5.56 Å². The quantitative estimate of drug-likeness (QED) is 0.436. The number of carbonyl (C=O) groups is 1. The lowest BCUT2D eigenvalue weighted by atomic mass is 10.1. The zero-order valence-electron chi connectivity index (χ0n) is 16.4. The van der Waals surface area contributed by atoms with Gasteiger partial charge in [0.1, 0.15) is 24.0 Å². The van der Waals surface area contributed by atoms with Gasteiger partial charge >= 0.3 is 0 Å². The molecule has 0 aliphatic heterocycles. The maximum atomic E-state index is 12.4. The first-order valence-electron chi connectivity index (χ1n) is 9.18. The maximum absolute atomic E-state index is 12.4. The molecule has 156 valence electrons. The first kappa shape index (κ1) is 21.8. The molecule has 0 bridgehead atoms. The van der Waals surface area contributed by atoms with Gasteiger partial charge in [-0.2, -0.15) is 5.26 Å². The average molecular weight is 433 g/mol. The fraction of sp³-hybridized carbons (Fsp3) is 0.0435. The zero-order chi connectivity index (χ0) is 22.3. The Morgan fingerprint density at radius 1 is 1.03 bits per heavy atom. The molecule has 8 heteroatoms. The van der Waals surface area contributed by atoms with E-state index in [4.69, 9.17) is 9.88 Å². The lowest BCUT2D eigenvalue weighted by Crippen LogP contribution is -2.14.